The largest absolute Gasteiger partial charge is 0.317 e. The van der Waals surface area contributed by atoms with Gasteiger partial charge >= 0.3 is 0 Å². The average molecular weight is 252 g/mol. The van der Waals surface area contributed by atoms with Gasteiger partial charge in [-0.2, -0.15) is 0 Å². The lowest BCUT2D eigenvalue weighted by Crippen LogP contribution is -2.33. The molecule has 2 nitrogen and oxygen atoms in total. The van der Waals surface area contributed by atoms with Crippen molar-refractivity contribution in [1.82, 2.24) is 10.6 Å². The second-order valence-electron chi connectivity index (χ2n) is 6.39. The summed E-state index contributed by atoms with van der Waals surface area (Å²) in [4.78, 5) is 0. The molecule has 0 aliphatic heterocycles. The van der Waals surface area contributed by atoms with Crippen LogP contribution in [0.1, 0.15) is 58.3 Å². The Bertz CT molecular complexity index is 217. The van der Waals surface area contributed by atoms with E-state index < -0.39 is 0 Å². The monoisotopic (exact) mass is 252 g/mol. The van der Waals surface area contributed by atoms with Crippen LogP contribution in [0.4, 0.5) is 0 Å². The molecule has 106 valence electrons. The highest BCUT2D eigenvalue weighted by Gasteiger charge is 2.31. The molecule has 0 aromatic carbocycles. The van der Waals surface area contributed by atoms with Gasteiger partial charge in [0.25, 0.3) is 0 Å². The van der Waals surface area contributed by atoms with Crippen molar-refractivity contribution in [3.63, 3.8) is 0 Å². The molecule has 2 N–H and O–H groups in total. The van der Waals surface area contributed by atoms with Crippen molar-refractivity contribution in [2.24, 2.45) is 17.8 Å². The normalized spacial score (nSPS) is 32.2. The second-order valence-corrected chi connectivity index (χ2v) is 6.39. The van der Waals surface area contributed by atoms with E-state index in [-0.39, 0.29) is 0 Å². The van der Waals surface area contributed by atoms with Crippen LogP contribution in [0.2, 0.25) is 0 Å². The third-order valence-corrected chi connectivity index (χ3v) is 5.04. The van der Waals surface area contributed by atoms with Crippen LogP contribution in [0.25, 0.3) is 0 Å². The van der Waals surface area contributed by atoms with Gasteiger partial charge in [-0.25, -0.2) is 0 Å². The van der Waals surface area contributed by atoms with Gasteiger partial charge in [0.1, 0.15) is 0 Å². The van der Waals surface area contributed by atoms with Crippen molar-refractivity contribution in [2.45, 2.75) is 58.3 Å². The summed E-state index contributed by atoms with van der Waals surface area (Å²) in [7, 11) is 0. The van der Waals surface area contributed by atoms with Gasteiger partial charge in [-0.1, -0.05) is 32.6 Å². The molecule has 18 heavy (non-hydrogen) atoms. The summed E-state index contributed by atoms with van der Waals surface area (Å²) in [6.07, 6.45) is 11.9. The fraction of sp³-hybridized carbons (Fsp3) is 1.00. The summed E-state index contributed by atoms with van der Waals surface area (Å²) in [5.74, 6) is 3.16. The molecule has 3 unspecified atom stereocenters. The summed E-state index contributed by atoms with van der Waals surface area (Å²) in [5.41, 5.74) is 0. The highest BCUT2D eigenvalue weighted by atomic mass is 14.9. The van der Waals surface area contributed by atoms with Gasteiger partial charge in [-0.3, -0.25) is 0 Å². The van der Waals surface area contributed by atoms with Crippen LogP contribution in [0.3, 0.4) is 0 Å². The van der Waals surface area contributed by atoms with Crippen LogP contribution in [0, 0.1) is 17.8 Å². The van der Waals surface area contributed by atoms with E-state index >= 15 is 0 Å². The van der Waals surface area contributed by atoms with Crippen molar-refractivity contribution in [3.05, 3.63) is 0 Å². The van der Waals surface area contributed by atoms with E-state index in [0.717, 1.165) is 24.3 Å². The lowest BCUT2D eigenvalue weighted by Gasteiger charge is -2.39. The smallest absolute Gasteiger partial charge is 0.00204 e. The molecule has 0 spiro atoms. The summed E-state index contributed by atoms with van der Waals surface area (Å²) in [5, 5.41) is 7.05. The Kier molecular flexibility index (Phi) is 6.50. The topological polar surface area (TPSA) is 24.1 Å². The van der Waals surface area contributed by atoms with Crippen LogP contribution < -0.4 is 10.6 Å². The van der Waals surface area contributed by atoms with Gasteiger partial charge in [0.05, 0.1) is 0 Å². The van der Waals surface area contributed by atoms with Gasteiger partial charge in [0, 0.05) is 0 Å². The zero-order valence-electron chi connectivity index (χ0n) is 12.2. The van der Waals surface area contributed by atoms with Gasteiger partial charge in [-0.05, 0) is 69.6 Å². The minimum Gasteiger partial charge on any atom is -0.317 e. The summed E-state index contributed by atoms with van der Waals surface area (Å²) in [6.45, 7) is 6.91. The first-order chi connectivity index (χ1) is 8.90. The van der Waals surface area contributed by atoms with Crippen LogP contribution in [-0.4, -0.2) is 26.2 Å². The molecular weight excluding hydrogens is 220 g/mol. The molecule has 0 amide bonds. The SMILES string of the molecule is CCNCCCNCC1CCC2CCCCC2C1. The van der Waals surface area contributed by atoms with Crippen LogP contribution in [-0.2, 0) is 0 Å². The maximum absolute atomic E-state index is 3.67. The lowest BCUT2D eigenvalue weighted by atomic mass is 9.67. The average Bonchev–Trinajstić information content (AvgIpc) is 2.42. The Hall–Kier alpha value is -0.0800. The second kappa shape index (κ2) is 8.16. The number of hydrogen-bond donors (Lipinski definition) is 2. The maximum atomic E-state index is 3.67. The first kappa shape index (κ1) is 14.3. The van der Waals surface area contributed by atoms with E-state index in [2.05, 4.69) is 17.6 Å². The predicted molar refractivity (Wildman–Crippen MR) is 78.8 cm³/mol. The molecule has 2 fully saturated rings. The minimum atomic E-state index is 0.975. The van der Waals surface area contributed by atoms with Gasteiger partial charge in [0.2, 0.25) is 0 Å². The van der Waals surface area contributed by atoms with Crippen molar-refractivity contribution in [1.29, 1.82) is 0 Å². The minimum absolute atomic E-state index is 0.975. The van der Waals surface area contributed by atoms with Crippen LogP contribution in [0.15, 0.2) is 0 Å². The molecular formula is C16H32N2. The van der Waals surface area contributed by atoms with E-state index in [1.54, 1.807) is 0 Å². The maximum Gasteiger partial charge on any atom is -0.00204 e. The Labute approximate surface area is 113 Å². The number of hydrogen-bond acceptors (Lipinski definition) is 2. The molecule has 2 heteroatoms. The quantitative estimate of drug-likeness (QED) is 0.680. The molecule has 0 aromatic heterocycles. The van der Waals surface area contributed by atoms with Gasteiger partial charge in [0.15, 0.2) is 0 Å². The van der Waals surface area contributed by atoms with E-state index in [0.29, 0.717) is 0 Å². The first-order valence-electron chi connectivity index (χ1n) is 8.31. The standard InChI is InChI=1S/C16H32N2/c1-2-17-10-5-11-18-13-14-8-9-15-6-3-4-7-16(15)12-14/h14-18H,2-13H2,1H3. The molecule has 0 heterocycles. The highest BCUT2D eigenvalue weighted by Crippen LogP contribution is 2.42. The van der Waals surface area contributed by atoms with Gasteiger partial charge < -0.3 is 10.6 Å². The van der Waals surface area contributed by atoms with E-state index in [4.69, 9.17) is 0 Å². The van der Waals surface area contributed by atoms with E-state index in [1.165, 1.54) is 71.0 Å². The van der Waals surface area contributed by atoms with Crippen molar-refractivity contribution in [3.8, 4) is 0 Å². The Balaban J connectivity index is 1.54. The zero-order chi connectivity index (χ0) is 12.6. The molecule has 2 saturated carbocycles. The Morgan fingerprint density at radius 1 is 0.889 bits per heavy atom. The number of nitrogens with one attached hydrogen (secondary N) is 2. The molecule has 0 aromatic rings. The molecule has 2 rings (SSSR count). The van der Waals surface area contributed by atoms with E-state index in [1.807, 2.05) is 0 Å². The zero-order valence-corrected chi connectivity index (χ0v) is 12.2. The van der Waals surface area contributed by atoms with Crippen molar-refractivity contribution in [2.75, 3.05) is 26.2 Å². The molecule has 0 radical (unpaired) electrons. The predicted octanol–water partition coefficient (Wildman–Crippen LogP) is 3.18. The number of fused-ring (bicyclic) bond motifs is 1. The summed E-state index contributed by atoms with van der Waals surface area (Å²) < 4.78 is 0. The molecule has 0 bridgehead atoms. The summed E-state index contributed by atoms with van der Waals surface area (Å²) >= 11 is 0. The fourth-order valence-corrected chi connectivity index (χ4v) is 3.98. The van der Waals surface area contributed by atoms with Crippen LogP contribution >= 0.6 is 0 Å². The first-order valence-corrected chi connectivity index (χ1v) is 8.31. The molecule has 2 aliphatic carbocycles. The van der Waals surface area contributed by atoms with Crippen LogP contribution in [0.5, 0.6) is 0 Å². The van der Waals surface area contributed by atoms with E-state index in [9.17, 15) is 0 Å². The summed E-state index contributed by atoms with van der Waals surface area (Å²) in [6, 6.07) is 0. The van der Waals surface area contributed by atoms with Crippen molar-refractivity contribution < 1.29 is 0 Å². The lowest BCUT2D eigenvalue weighted by molar-refractivity contribution is 0.129. The van der Waals surface area contributed by atoms with Gasteiger partial charge in [-0.15, -0.1) is 0 Å². The molecule has 3 atom stereocenters. The molecule has 2 aliphatic rings. The fourth-order valence-electron chi connectivity index (χ4n) is 3.98. The van der Waals surface area contributed by atoms with Crippen molar-refractivity contribution >= 4 is 0 Å². The third kappa shape index (κ3) is 4.55. The number of rotatable bonds is 7. The highest BCUT2D eigenvalue weighted by molar-refractivity contribution is 4.83. The Morgan fingerprint density at radius 3 is 2.50 bits per heavy atom. The Morgan fingerprint density at radius 2 is 1.67 bits per heavy atom. The molecule has 0 saturated heterocycles. The third-order valence-electron chi connectivity index (χ3n) is 5.04.